The Morgan fingerprint density at radius 1 is 1.35 bits per heavy atom. The molecule has 0 unspecified atom stereocenters. The summed E-state index contributed by atoms with van der Waals surface area (Å²) >= 11 is 7.12. The van der Waals surface area contributed by atoms with E-state index in [0.717, 1.165) is 10.6 Å². The van der Waals surface area contributed by atoms with Crippen LogP contribution in [0.2, 0.25) is 5.15 Å². The number of nitro groups is 1. The molecule has 0 N–H and O–H groups in total. The number of aromatic nitrogens is 2. The van der Waals surface area contributed by atoms with Crippen molar-refractivity contribution in [3.63, 3.8) is 0 Å². The van der Waals surface area contributed by atoms with Crippen molar-refractivity contribution in [2.75, 3.05) is 7.11 Å². The van der Waals surface area contributed by atoms with Crippen LogP contribution in [0.5, 0.6) is 5.75 Å². The van der Waals surface area contributed by atoms with Gasteiger partial charge in [-0.15, -0.1) is 0 Å². The number of hydrogen-bond acceptors (Lipinski definition) is 6. The van der Waals surface area contributed by atoms with Gasteiger partial charge in [-0.25, -0.2) is 9.97 Å². The summed E-state index contributed by atoms with van der Waals surface area (Å²) in [6.07, 6.45) is 0. The molecule has 0 radical (unpaired) electrons. The van der Waals surface area contributed by atoms with Crippen molar-refractivity contribution in [3.8, 4) is 5.75 Å². The van der Waals surface area contributed by atoms with E-state index in [9.17, 15) is 10.1 Å². The summed E-state index contributed by atoms with van der Waals surface area (Å²) in [4.78, 5) is 19.4. The molecule has 0 atom stereocenters. The van der Waals surface area contributed by atoms with Crippen molar-refractivity contribution < 1.29 is 9.66 Å². The molecule has 0 aliphatic carbocycles. The lowest BCUT2D eigenvalue weighted by molar-refractivity contribution is -0.385. The van der Waals surface area contributed by atoms with Crippen LogP contribution >= 0.6 is 23.4 Å². The Kier molecular flexibility index (Phi) is 4.41. The fourth-order valence-electron chi connectivity index (χ4n) is 1.53. The largest absolute Gasteiger partial charge is 0.490 e. The summed E-state index contributed by atoms with van der Waals surface area (Å²) in [7, 11) is 1.39. The van der Waals surface area contributed by atoms with E-state index >= 15 is 0 Å². The first kappa shape index (κ1) is 14.5. The third-order valence-corrected chi connectivity index (χ3v) is 3.41. The Morgan fingerprint density at radius 2 is 2.10 bits per heavy atom. The molecule has 0 amide bonds. The maximum absolute atomic E-state index is 10.8. The minimum Gasteiger partial charge on any atom is -0.490 e. The van der Waals surface area contributed by atoms with Gasteiger partial charge in [0.25, 0.3) is 0 Å². The van der Waals surface area contributed by atoms with Gasteiger partial charge >= 0.3 is 5.69 Å². The molecule has 2 rings (SSSR count). The fraction of sp³-hybridized carbons (Fsp3) is 0.167. The number of nitrogens with zero attached hydrogens (tertiary/aromatic N) is 3. The standard InChI is InChI=1S/C12H10ClN3O3S/c1-7-5-11(13)15-12(14-7)20-8-3-4-9(16(17)18)10(6-8)19-2/h3-6H,1-2H3. The molecule has 0 aliphatic rings. The zero-order valence-electron chi connectivity index (χ0n) is 10.7. The van der Waals surface area contributed by atoms with E-state index in [1.165, 1.54) is 24.9 Å². The van der Waals surface area contributed by atoms with Gasteiger partial charge in [0, 0.05) is 22.7 Å². The molecule has 0 spiro atoms. The Morgan fingerprint density at radius 3 is 2.70 bits per heavy atom. The summed E-state index contributed by atoms with van der Waals surface area (Å²) in [5.74, 6) is 0.193. The maximum atomic E-state index is 10.8. The highest BCUT2D eigenvalue weighted by Crippen LogP contribution is 2.34. The van der Waals surface area contributed by atoms with Crippen LogP contribution < -0.4 is 4.74 Å². The quantitative estimate of drug-likeness (QED) is 0.372. The zero-order chi connectivity index (χ0) is 14.7. The fourth-order valence-corrected chi connectivity index (χ4v) is 2.66. The van der Waals surface area contributed by atoms with E-state index in [1.54, 1.807) is 18.2 Å². The predicted molar refractivity (Wildman–Crippen MR) is 75.6 cm³/mol. The number of benzene rings is 1. The third kappa shape index (κ3) is 3.37. The molecule has 0 bridgehead atoms. The average molecular weight is 312 g/mol. The molecule has 0 aliphatic heterocycles. The number of ether oxygens (including phenoxy) is 1. The summed E-state index contributed by atoms with van der Waals surface area (Å²) in [5.41, 5.74) is 0.668. The topological polar surface area (TPSA) is 78.2 Å². The minimum atomic E-state index is -0.493. The van der Waals surface area contributed by atoms with E-state index in [2.05, 4.69) is 9.97 Å². The van der Waals surface area contributed by atoms with Gasteiger partial charge in [0.1, 0.15) is 5.15 Å². The van der Waals surface area contributed by atoms with Gasteiger partial charge in [0.05, 0.1) is 12.0 Å². The van der Waals surface area contributed by atoms with Crippen LogP contribution in [0.25, 0.3) is 0 Å². The molecular formula is C12H10ClN3O3S. The van der Waals surface area contributed by atoms with Crippen LogP contribution in [0.3, 0.4) is 0 Å². The zero-order valence-corrected chi connectivity index (χ0v) is 12.2. The van der Waals surface area contributed by atoms with E-state index in [1.807, 2.05) is 6.92 Å². The molecule has 104 valence electrons. The van der Waals surface area contributed by atoms with Crippen molar-refractivity contribution in [2.45, 2.75) is 17.0 Å². The second kappa shape index (κ2) is 6.06. The van der Waals surface area contributed by atoms with Gasteiger partial charge in [-0.05, 0) is 30.8 Å². The first-order valence-electron chi connectivity index (χ1n) is 5.51. The molecule has 1 aromatic heterocycles. The predicted octanol–water partition coefficient (Wildman–Crippen LogP) is 3.51. The molecule has 20 heavy (non-hydrogen) atoms. The molecule has 2 aromatic rings. The van der Waals surface area contributed by atoms with Crippen LogP contribution in [0, 0.1) is 17.0 Å². The number of rotatable bonds is 4. The lowest BCUT2D eigenvalue weighted by atomic mass is 10.3. The Bertz CT molecular complexity index is 646. The normalized spacial score (nSPS) is 10.3. The van der Waals surface area contributed by atoms with Crippen molar-refractivity contribution >= 4 is 29.1 Å². The van der Waals surface area contributed by atoms with E-state index in [-0.39, 0.29) is 11.4 Å². The summed E-state index contributed by atoms with van der Waals surface area (Å²) in [6, 6.07) is 6.23. The van der Waals surface area contributed by atoms with Crippen molar-refractivity contribution in [2.24, 2.45) is 0 Å². The van der Waals surface area contributed by atoms with E-state index in [0.29, 0.717) is 10.3 Å². The maximum Gasteiger partial charge on any atom is 0.310 e. The summed E-state index contributed by atoms with van der Waals surface area (Å²) in [5, 5.41) is 11.6. The first-order valence-corrected chi connectivity index (χ1v) is 6.70. The van der Waals surface area contributed by atoms with Crippen LogP contribution in [-0.2, 0) is 0 Å². The van der Waals surface area contributed by atoms with Crippen molar-refractivity contribution in [1.29, 1.82) is 0 Å². The second-order valence-corrected chi connectivity index (χ2v) is 5.24. The van der Waals surface area contributed by atoms with Crippen LogP contribution in [0.4, 0.5) is 5.69 Å². The SMILES string of the molecule is COc1cc(Sc2nc(C)cc(Cl)n2)ccc1[N+](=O)[O-]. The number of hydrogen-bond donors (Lipinski definition) is 0. The molecule has 0 fully saturated rings. The summed E-state index contributed by atoms with van der Waals surface area (Å²) < 4.78 is 5.01. The van der Waals surface area contributed by atoms with Crippen LogP contribution in [0.15, 0.2) is 34.3 Å². The smallest absolute Gasteiger partial charge is 0.310 e. The van der Waals surface area contributed by atoms with Crippen molar-refractivity contribution in [1.82, 2.24) is 9.97 Å². The monoisotopic (exact) mass is 311 g/mol. The van der Waals surface area contributed by atoms with Gasteiger partial charge in [0.2, 0.25) is 0 Å². The Hall–Kier alpha value is -1.86. The van der Waals surface area contributed by atoms with Gasteiger partial charge in [-0.2, -0.15) is 0 Å². The Balaban J connectivity index is 2.32. The highest BCUT2D eigenvalue weighted by atomic mass is 35.5. The molecule has 1 heterocycles. The molecule has 0 saturated heterocycles. The molecule has 1 aromatic carbocycles. The molecular weight excluding hydrogens is 302 g/mol. The first-order chi connectivity index (χ1) is 9.49. The minimum absolute atomic E-state index is 0.0833. The lowest BCUT2D eigenvalue weighted by Crippen LogP contribution is -1.94. The van der Waals surface area contributed by atoms with E-state index in [4.69, 9.17) is 16.3 Å². The number of methoxy groups -OCH3 is 1. The van der Waals surface area contributed by atoms with Gasteiger partial charge in [0.15, 0.2) is 10.9 Å². The van der Waals surface area contributed by atoms with Crippen molar-refractivity contribution in [3.05, 3.63) is 45.2 Å². The number of halogens is 1. The molecule has 6 nitrogen and oxygen atoms in total. The third-order valence-electron chi connectivity index (χ3n) is 2.36. The molecule has 8 heteroatoms. The van der Waals surface area contributed by atoms with Gasteiger partial charge in [-0.1, -0.05) is 11.6 Å². The highest BCUT2D eigenvalue weighted by Gasteiger charge is 2.15. The van der Waals surface area contributed by atoms with Gasteiger partial charge < -0.3 is 4.74 Å². The highest BCUT2D eigenvalue weighted by molar-refractivity contribution is 7.99. The van der Waals surface area contributed by atoms with Gasteiger partial charge in [-0.3, -0.25) is 10.1 Å². The average Bonchev–Trinajstić information content (AvgIpc) is 2.37. The molecule has 0 saturated carbocycles. The Labute approximate surface area is 124 Å². The second-order valence-electron chi connectivity index (χ2n) is 3.81. The van der Waals surface area contributed by atoms with E-state index < -0.39 is 4.92 Å². The van der Waals surface area contributed by atoms with Crippen LogP contribution in [-0.4, -0.2) is 22.0 Å². The number of nitro benzene ring substituents is 1. The summed E-state index contributed by atoms with van der Waals surface area (Å²) in [6.45, 7) is 1.81. The van der Waals surface area contributed by atoms with Crippen LogP contribution in [0.1, 0.15) is 5.69 Å². The lowest BCUT2D eigenvalue weighted by Gasteiger charge is -2.05. The number of aryl methyl sites for hydroxylation is 1.